The van der Waals surface area contributed by atoms with Gasteiger partial charge in [-0.3, -0.25) is 0 Å². The quantitative estimate of drug-likeness (QED) is 0.638. The van der Waals surface area contributed by atoms with Crippen molar-refractivity contribution in [1.29, 1.82) is 0 Å². The van der Waals surface area contributed by atoms with E-state index in [1.807, 2.05) is 18.9 Å². The van der Waals surface area contributed by atoms with Crippen LogP contribution in [0, 0.1) is 0 Å². The third-order valence-corrected chi connectivity index (χ3v) is 2.74. The minimum absolute atomic E-state index is 0.00989. The molecule has 2 N–H and O–H groups in total. The van der Waals surface area contributed by atoms with Crippen LogP contribution in [0.4, 0.5) is 5.95 Å². The maximum atomic E-state index is 9.07. The fraction of sp³-hybridized carbons (Fsp3) is 0.667. The number of hydrogen-bond acceptors (Lipinski definition) is 6. The van der Waals surface area contributed by atoms with Crippen molar-refractivity contribution < 1.29 is 9.84 Å². The summed E-state index contributed by atoms with van der Waals surface area (Å²) in [6.45, 7) is 4.22. The summed E-state index contributed by atoms with van der Waals surface area (Å²) in [5, 5.41) is 12.3. The molecule has 0 amide bonds. The fourth-order valence-corrected chi connectivity index (χ4v) is 1.35. The van der Waals surface area contributed by atoms with E-state index in [9.17, 15) is 0 Å². The van der Waals surface area contributed by atoms with Gasteiger partial charge in [0.2, 0.25) is 5.95 Å². The zero-order valence-electron chi connectivity index (χ0n) is 11.3. The van der Waals surface area contributed by atoms with E-state index in [0.717, 1.165) is 18.7 Å². The highest BCUT2D eigenvalue weighted by Crippen LogP contribution is 2.08. The predicted octanol–water partition coefficient (Wildman–Crippen LogP) is 0.0296. The van der Waals surface area contributed by atoms with Crippen LogP contribution in [0.1, 0.15) is 12.5 Å². The molecule has 1 aromatic rings. The van der Waals surface area contributed by atoms with E-state index in [0.29, 0.717) is 12.6 Å². The summed E-state index contributed by atoms with van der Waals surface area (Å²) in [5.74, 6) is 0.622. The first-order chi connectivity index (χ1) is 8.69. The van der Waals surface area contributed by atoms with Crippen molar-refractivity contribution in [2.24, 2.45) is 0 Å². The molecule has 0 fully saturated rings. The lowest BCUT2D eigenvalue weighted by molar-refractivity contribution is 0.199. The van der Waals surface area contributed by atoms with E-state index in [1.165, 1.54) is 0 Å². The molecule has 1 heterocycles. The van der Waals surface area contributed by atoms with Crippen molar-refractivity contribution in [3.63, 3.8) is 0 Å². The lowest BCUT2D eigenvalue weighted by Crippen LogP contribution is -2.33. The molecule has 1 aromatic heterocycles. The van der Waals surface area contributed by atoms with E-state index in [1.54, 1.807) is 19.5 Å². The Kier molecular flexibility index (Phi) is 6.56. The normalized spacial score (nSPS) is 12.4. The van der Waals surface area contributed by atoms with Gasteiger partial charge in [0.15, 0.2) is 0 Å². The summed E-state index contributed by atoms with van der Waals surface area (Å²) in [4.78, 5) is 10.4. The Morgan fingerprint density at radius 3 is 2.67 bits per heavy atom. The Bertz CT molecular complexity index is 331. The monoisotopic (exact) mass is 254 g/mol. The number of likely N-dealkylation sites (N-methyl/N-ethyl adjacent to an activating group) is 1. The van der Waals surface area contributed by atoms with Crippen molar-refractivity contribution >= 4 is 5.95 Å². The average molecular weight is 254 g/mol. The molecule has 1 atom stereocenters. The lowest BCUT2D eigenvalue weighted by Gasteiger charge is -2.22. The number of aliphatic hydroxyl groups is 1. The summed E-state index contributed by atoms with van der Waals surface area (Å²) in [5.41, 5.74) is 1.03. The van der Waals surface area contributed by atoms with Gasteiger partial charge in [0.1, 0.15) is 0 Å². The van der Waals surface area contributed by atoms with Crippen molar-refractivity contribution in [2.75, 3.05) is 38.8 Å². The zero-order chi connectivity index (χ0) is 13.4. The van der Waals surface area contributed by atoms with Crippen LogP contribution in [0.15, 0.2) is 12.4 Å². The molecule has 0 saturated heterocycles. The topological polar surface area (TPSA) is 70.5 Å². The molecule has 6 heteroatoms. The summed E-state index contributed by atoms with van der Waals surface area (Å²) >= 11 is 0. The van der Waals surface area contributed by atoms with Gasteiger partial charge in [-0.25, -0.2) is 9.97 Å². The summed E-state index contributed by atoms with van der Waals surface area (Å²) in [6.07, 6.45) is 3.59. The molecule has 0 saturated carbocycles. The minimum atomic E-state index is 0.00989. The van der Waals surface area contributed by atoms with Crippen molar-refractivity contribution in [1.82, 2.24) is 15.3 Å². The Morgan fingerprint density at radius 2 is 2.11 bits per heavy atom. The Labute approximate surface area is 108 Å². The first-order valence-corrected chi connectivity index (χ1v) is 6.03. The SMILES string of the molecule is COCCNCc1cnc(N(C)C(C)CO)nc1. The maximum Gasteiger partial charge on any atom is 0.225 e. The zero-order valence-corrected chi connectivity index (χ0v) is 11.3. The van der Waals surface area contributed by atoms with Crippen LogP contribution in [0.2, 0.25) is 0 Å². The Hall–Kier alpha value is -1.24. The minimum Gasteiger partial charge on any atom is -0.394 e. The number of hydrogen-bond donors (Lipinski definition) is 2. The molecule has 1 unspecified atom stereocenters. The number of methoxy groups -OCH3 is 1. The molecule has 0 bridgehead atoms. The molecule has 1 rings (SSSR count). The molecule has 102 valence electrons. The highest BCUT2D eigenvalue weighted by molar-refractivity contribution is 5.29. The largest absolute Gasteiger partial charge is 0.394 e. The second-order valence-electron chi connectivity index (χ2n) is 4.20. The number of nitrogens with zero attached hydrogens (tertiary/aromatic N) is 3. The van der Waals surface area contributed by atoms with Gasteiger partial charge in [0.05, 0.1) is 19.3 Å². The molecular formula is C12H22N4O2. The molecule has 0 aromatic carbocycles. The number of rotatable bonds is 8. The van der Waals surface area contributed by atoms with Crippen LogP contribution in [-0.2, 0) is 11.3 Å². The first kappa shape index (κ1) is 14.8. The standard InChI is InChI=1S/C12H22N4O2/c1-10(9-17)16(2)12-14-7-11(8-15-12)6-13-4-5-18-3/h7-8,10,13,17H,4-6,9H2,1-3H3. The molecular weight excluding hydrogens is 232 g/mol. The molecule has 0 spiro atoms. The number of nitrogens with one attached hydrogen (secondary N) is 1. The second-order valence-corrected chi connectivity index (χ2v) is 4.20. The summed E-state index contributed by atoms with van der Waals surface area (Å²) in [6, 6.07) is 0.00989. The van der Waals surface area contributed by atoms with Crippen molar-refractivity contribution in [3.05, 3.63) is 18.0 Å². The van der Waals surface area contributed by atoms with Gasteiger partial charge in [-0.2, -0.15) is 0 Å². The van der Waals surface area contributed by atoms with Crippen LogP contribution < -0.4 is 10.2 Å². The number of aromatic nitrogens is 2. The third kappa shape index (κ3) is 4.56. The van der Waals surface area contributed by atoms with Crippen LogP contribution in [0.25, 0.3) is 0 Å². The highest BCUT2D eigenvalue weighted by atomic mass is 16.5. The van der Waals surface area contributed by atoms with E-state index >= 15 is 0 Å². The van der Waals surface area contributed by atoms with Crippen molar-refractivity contribution in [2.45, 2.75) is 19.5 Å². The lowest BCUT2D eigenvalue weighted by atomic mass is 10.3. The molecule has 0 aliphatic rings. The maximum absolute atomic E-state index is 9.07. The number of anilines is 1. The molecule has 18 heavy (non-hydrogen) atoms. The Balaban J connectivity index is 2.47. The number of aliphatic hydroxyl groups excluding tert-OH is 1. The Morgan fingerprint density at radius 1 is 1.44 bits per heavy atom. The third-order valence-electron chi connectivity index (χ3n) is 2.74. The van der Waals surface area contributed by atoms with Crippen LogP contribution in [-0.4, -0.2) is 55.0 Å². The highest BCUT2D eigenvalue weighted by Gasteiger charge is 2.10. The van der Waals surface area contributed by atoms with E-state index < -0.39 is 0 Å². The van der Waals surface area contributed by atoms with Crippen LogP contribution in [0.5, 0.6) is 0 Å². The first-order valence-electron chi connectivity index (χ1n) is 6.03. The van der Waals surface area contributed by atoms with Crippen molar-refractivity contribution in [3.8, 4) is 0 Å². The van der Waals surface area contributed by atoms with Gasteiger partial charge in [-0.1, -0.05) is 0 Å². The van der Waals surface area contributed by atoms with E-state index in [-0.39, 0.29) is 12.6 Å². The molecule has 6 nitrogen and oxygen atoms in total. The number of ether oxygens (including phenoxy) is 1. The smallest absolute Gasteiger partial charge is 0.225 e. The van der Waals surface area contributed by atoms with Gasteiger partial charge in [-0.15, -0.1) is 0 Å². The van der Waals surface area contributed by atoms with E-state index in [4.69, 9.17) is 9.84 Å². The predicted molar refractivity (Wildman–Crippen MR) is 70.6 cm³/mol. The summed E-state index contributed by atoms with van der Waals surface area (Å²) in [7, 11) is 3.55. The van der Waals surface area contributed by atoms with Crippen LogP contribution in [0.3, 0.4) is 0 Å². The molecule has 0 aliphatic carbocycles. The average Bonchev–Trinajstić information content (AvgIpc) is 2.42. The van der Waals surface area contributed by atoms with Crippen LogP contribution >= 0.6 is 0 Å². The molecule has 0 aliphatic heterocycles. The fourth-order valence-electron chi connectivity index (χ4n) is 1.35. The van der Waals surface area contributed by atoms with Gasteiger partial charge in [0, 0.05) is 45.2 Å². The van der Waals surface area contributed by atoms with Gasteiger partial charge in [0.25, 0.3) is 0 Å². The van der Waals surface area contributed by atoms with Gasteiger partial charge in [-0.05, 0) is 6.92 Å². The summed E-state index contributed by atoms with van der Waals surface area (Å²) < 4.78 is 4.94. The van der Waals surface area contributed by atoms with Gasteiger partial charge >= 0.3 is 0 Å². The molecule has 0 radical (unpaired) electrons. The van der Waals surface area contributed by atoms with Gasteiger partial charge < -0.3 is 20.1 Å². The second kappa shape index (κ2) is 7.97. The van der Waals surface area contributed by atoms with E-state index in [2.05, 4.69) is 15.3 Å².